The summed E-state index contributed by atoms with van der Waals surface area (Å²) in [6.45, 7) is 4.78. The molecule has 0 saturated carbocycles. The SMILES string of the molecule is Cc1cc(N2CCN(c3ccccc3C#N)CC2)ncc1[N+](=O)[O-]. The van der Waals surface area contributed by atoms with Crippen molar-refractivity contribution in [1.29, 1.82) is 5.26 Å². The summed E-state index contributed by atoms with van der Waals surface area (Å²) in [4.78, 5) is 19.0. The Kier molecular flexibility index (Phi) is 4.29. The number of pyridine rings is 1. The van der Waals surface area contributed by atoms with Crippen molar-refractivity contribution in [1.82, 2.24) is 4.98 Å². The summed E-state index contributed by atoms with van der Waals surface area (Å²) in [6, 6.07) is 11.6. The molecule has 24 heavy (non-hydrogen) atoms. The highest BCUT2D eigenvalue weighted by Gasteiger charge is 2.21. The average Bonchev–Trinajstić information content (AvgIpc) is 2.61. The third-order valence-electron chi connectivity index (χ3n) is 4.23. The molecule has 1 fully saturated rings. The minimum atomic E-state index is -0.414. The maximum Gasteiger partial charge on any atom is 0.290 e. The van der Waals surface area contributed by atoms with E-state index in [1.165, 1.54) is 6.20 Å². The minimum Gasteiger partial charge on any atom is -0.367 e. The number of nitro groups is 1. The number of aryl methyl sites for hydroxylation is 1. The molecular formula is C17H17N5O2. The summed E-state index contributed by atoms with van der Waals surface area (Å²) < 4.78 is 0. The zero-order valence-corrected chi connectivity index (χ0v) is 13.3. The normalized spacial score (nSPS) is 14.3. The van der Waals surface area contributed by atoms with Crippen molar-refractivity contribution in [2.75, 3.05) is 36.0 Å². The van der Waals surface area contributed by atoms with Gasteiger partial charge in [0.1, 0.15) is 18.1 Å². The number of hydrogen-bond acceptors (Lipinski definition) is 6. The largest absolute Gasteiger partial charge is 0.367 e. The molecule has 0 bridgehead atoms. The zero-order chi connectivity index (χ0) is 17.1. The van der Waals surface area contributed by atoms with E-state index in [9.17, 15) is 15.4 Å². The van der Waals surface area contributed by atoms with Gasteiger partial charge < -0.3 is 9.80 Å². The van der Waals surface area contributed by atoms with Crippen LogP contribution in [0.25, 0.3) is 0 Å². The number of nitrogens with zero attached hydrogens (tertiary/aromatic N) is 5. The first-order chi connectivity index (χ1) is 11.6. The summed E-state index contributed by atoms with van der Waals surface area (Å²) in [5.41, 5.74) is 2.28. The van der Waals surface area contributed by atoms with Crippen LogP contribution < -0.4 is 9.80 Å². The van der Waals surface area contributed by atoms with Crippen LogP contribution in [0.3, 0.4) is 0 Å². The smallest absolute Gasteiger partial charge is 0.290 e. The molecule has 2 heterocycles. The van der Waals surface area contributed by atoms with Gasteiger partial charge >= 0.3 is 0 Å². The molecule has 1 aliphatic rings. The maximum atomic E-state index is 10.9. The molecule has 1 aromatic heterocycles. The van der Waals surface area contributed by atoms with Crippen LogP contribution in [-0.2, 0) is 0 Å². The molecule has 3 rings (SSSR count). The van der Waals surface area contributed by atoms with Crippen molar-refractivity contribution >= 4 is 17.2 Å². The number of para-hydroxylation sites is 1. The number of aromatic nitrogens is 1. The van der Waals surface area contributed by atoms with E-state index < -0.39 is 4.92 Å². The number of anilines is 2. The van der Waals surface area contributed by atoms with E-state index in [1.54, 1.807) is 13.0 Å². The summed E-state index contributed by atoms with van der Waals surface area (Å²) in [5, 5.41) is 20.1. The molecule has 0 spiro atoms. The van der Waals surface area contributed by atoms with Crippen molar-refractivity contribution in [3.8, 4) is 6.07 Å². The van der Waals surface area contributed by atoms with Crippen LogP contribution >= 0.6 is 0 Å². The summed E-state index contributed by atoms with van der Waals surface area (Å²) in [5.74, 6) is 0.756. The van der Waals surface area contributed by atoms with Crippen LogP contribution in [0.5, 0.6) is 0 Å². The Balaban J connectivity index is 1.73. The summed E-state index contributed by atoms with van der Waals surface area (Å²) >= 11 is 0. The molecule has 122 valence electrons. The number of piperazine rings is 1. The highest BCUT2D eigenvalue weighted by atomic mass is 16.6. The molecule has 1 aromatic carbocycles. The fourth-order valence-corrected chi connectivity index (χ4v) is 2.92. The van der Waals surface area contributed by atoms with Gasteiger partial charge in [0.2, 0.25) is 0 Å². The van der Waals surface area contributed by atoms with Gasteiger partial charge in [0, 0.05) is 31.7 Å². The van der Waals surface area contributed by atoms with E-state index >= 15 is 0 Å². The van der Waals surface area contributed by atoms with Gasteiger partial charge in [0.05, 0.1) is 16.2 Å². The van der Waals surface area contributed by atoms with Crippen LogP contribution in [0, 0.1) is 28.4 Å². The monoisotopic (exact) mass is 323 g/mol. The predicted molar refractivity (Wildman–Crippen MR) is 91.2 cm³/mol. The van der Waals surface area contributed by atoms with E-state index in [0.717, 1.165) is 37.7 Å². The van der Waals surface area contributed by atoms with E-state index in [4.69, 9.17) is 0 Å². The van der Waals surface area contributed by atoms with Gasteiger partial charge in [-0.05, 0) is 25.1 Å². The minimum absolute atomic E-state index is 0.0420. The Bertz CT molecular complexity index is 807. The maximum absolute atomic E-state index is 10.9. The highest BCUT2D eigenvalue weighted by Crippen LogP contribution is 2.25. The molecule has 0 amide bonds. The standard InChI is InChI=1S/C17H17N5O2/c1-13-10-17(19-12-16(13)22(23)24)21-8-6-20(7-9-21)15-5-3-2-4-14(15)11-18/h2-5,10,12H,6-9H2,1H3. The molecule has 0 atom stereocenters. The summed E-state index contributed by atoms with van der Waals surface area (Å²) in [7, 11) is 0. The van der Waals surface area contributed by atoms with Crippen LogP contribution in [0.2, 0.25) is 0 Å². The molecule has 0 radical (unpaired) electrons. The van der Waals surface area contributed by atoms with E-state index in [2.05, 4.69) is 20.9 Å². The van der Waals surface area contributed by atoms with Gasteiger partial charge in [-0.15, -0.1) is 0 Å². The van der Waals surface area contributed by atoms with Crippen LogP contribution in [0.4, 0.5) is 17.2 Å². The second-order valence-corrected chi connectivity index (χ2v) is 5.69. The van der Waals surface area contributed by atoms with Crippen LogP contribution in [-0.4, -0.2) is 36.1 Å². The lowest BCUT2D eigenvalue weighted by Crippen LogP contribution is -2.47. The quantitative estimate of drug-likeness (QED) is 0.637. The van der Waals surface area contributed by atoms with E-state index in [-0.39, 0.29) is 5.69 Å². The average molecular weight is 323 g/mol. The van der Waals surface area contributed by atoms with Gasteiger partial charge in [-0.2, -0.15) is 5.26 Å². The highest BCUT2D eigenvalue weighted by molar-refractivity contribution is 5.60. The van der Waals surface area contributed by atoms with Crippen molar-refractivity contribution in [2.24, 2.45) is 0 Å². The first kappa shape index (κ1) is 15.7. The molecular weight excluding hydrogens is 306 g/mol. The molecule has 2 aromatic rings. The lowest BCUT2D eigenvalue weighted by atomic mass is 10.1. The third kappa shape index (κ3) is 2.99. The number of benzene rings is 1. The lowest BCUT2D eigenvalue weighted by Gasteiger charge is -2.37. The molecule has 7 heteroatoms. The molecule has 1 saturated heterocycles. The van der Waals surface area contributed by atoms with Crippen molar-refractivity contribution < 1.29 is 4.92 Å². The first-order valence-electron chi connectivity index (χ1n) is 7.70. The van der Waals surface area contributed by atoms with Gasteiger partial charge in [-0.25, -0.2) is 4.98 Å². The van der Waals surface area contributed by atoms with Crippen molar-refractivity contribution in [3.05, 3.63) is 57.8 Å². The van der Waals surface area contributed by atoms with Crippen molar-refractivity contribution in [2.45, 2.75) is 6.92 Å². The molecule has 0 N–H and O–H groups in total. The predicted octanol–water partition coefficient (Wildman–Crippen LogP) is 2.50. The van der Waals surface area contributed by atoms with E-state index in [1.807, 2.05) is 24.3 Å². The molecule has 0 aliphatic carbocycles. The fraction of sp³-hybridized carbons (Fsp3) is 0.294. The zero-order valence-electron chi connectivity index (χ0n) is 13.3. The van der Waals surface area contributed by atoms with Crippen LogP contribution in [0.1, 0.15) is 11.1 Å². The second-order valence-electron chi connectivity index (χ2n) is 5.69. The van der Waals surface area contributed by atoms with Crippen molar-refractivity contribution in [3.63, 3.8) is 0 Å². The molecule has 0 unspecified atom stereocenters. The van der Waals surface area contributed by atoms with Gasteiger partial charge in [0.25, 0.3) is 5.69 Å². The van der Waals surface area contributed by atoms with Gasteiger partial charge in [-0.3, -0.25) is 10.1 Å². The Morgan fingerprint density at radius 1 is 1.21 bits per heavy atom. The first-order valence-corrected chi connectivity index (χ1v) is 7.70. The Morgan fingerprint density at radius 3 is 2.50 bits per heavy atom. The van der Waals surface area contributed by atoms with Gasteiger partial charge in [0.15, 0.2) is 0 Å². The van der Waals surface area contributed by atoms with Gasteiger partial charge in [-0.1, -0.05) is 12.1 Å². The number of nitriles is 1. The van der Waals surface area contributed by atoms with Crippen LogP contribution in [0.15, 0.2) is 36.5 Å². The topological polar surface area (TPSA) is 86.3 Å². The fourth-order valence-electron chi connectivity index (χ4n) is 2.92. The molecule has 7 nitrogen and oxygen atoms in total. The summed E-state index contributed by atoms with van der Waals surface area (Å²) in [6.07, 6.45) is 1.32. The third-order valence-corrected chi connectivity index (χ3v) is 4.23. The lowest BCUT2D eigenvalue weighted by molar-refractivity contribution is -0.385. The number of rotatable bonds is 3. The Labute approximate surface area is 139 Å². The second kappa shape index (κ2) is 6.54. The number of hydrogen-bond donors (Lipinski definition) is 0. The van der Waals surface area contributed by atoms with E-state index in [0.29, 0.717) is 11.1 Å². The Morgan fingerprint density at radius 2 is 1.88 bits per heavy atom. The Hall–Kier alpha value is -3.14. The molecule has 1 aliphatic heterocycles.